The van der Waals surface area contributed by atoms with Gasteiger partial charge < -0.3 is 10.0 Å². The molecule has 0 aromatic carbocycles. The predicted octanol–water partition coefficient (Wildman–Crippen LogP) is 2.19. The summed E-state index contributed by atoms with van der Waals surface area (Å²) in [4.78, 5) is 13.9. The van der Waals surface area contributed by atoms with Crippen molar-refractivity contribution in [1.29, 1.82) is 0 Å². The van der Waals surface area contributed by atoms with Gasteiger partial charge in [0.05, 0.1) is 0 Å². The van der Waals surface area contributed by atoms with Crippen molar-refractivity contribution in [2.24, 2.45) is 5.92 Å². The molecule has 1 unspecified atom stereocenters. The van der Waals surface area contributed by atoms with Gasteiger partial charge in [0.2, 0.25) is 5.91 Å². The van der Waals surface area contributed by atoms with Crippen LogP contribution < -0.4 is 0 Å². The van der Waals surface area contributed by atoms with E-state index in [0.29, 0.717) is 18.2 Å². The first kappa shape index (κ1) is 13.5. The summed E-state index contributed by atoms with van der Waals surface area (Å²) in [6.07, 6.45) is 7.17. The lowest BCUT2D eigenvalue weighted by molar-refractivity contribution is -0.133. The summed E-state index contributed by atoms with van der Waals surface area (Å²) >= 11 is 0. The fourth-order valence-electron chi connectivity index (χ4n) is 2.39. The van der Waals surface area contributed by atoms with Gasteiger partial charge in [-0.1, -0.05) is 19.8 Å². The van der Waals surface area contributed by atoms with Crippen molar-refractivity contribution < 1.29 is 9.90 Å². The first-order chi connectivity index (χ1) is 7.77. The average Bonchev–Trinajstić information content (AvgIpc) is 2.30. The lowest BCUT2D eigenvalue weighted by atomic mass is 9.95. The molecular weight excluding hydrogens is 202 g/mol. The lowest BCUT2D eigenvalue weighted by Crippen LogP contribution is -2.40. The minimum Gasteiger partial charge on any atom is -0.396 e. The van der Waals surface area contributed by atoms with Crippen molar-refractivity contribution in [2.45, 2.75) is 51.9 Å². The summed E-state index contributed by atoms with van der Waals surface area (Å²) in [6.45, 7) is 4.20. The molecular formula is C13H25NO2. The van der Waals surface area contributed by atoms with Gasteiger partial charge in [-0.2, -0.15) is 0 Å². The minimum atomic E-state index is 0.253. The maximum absolute atomic E-state index is 11.9. The molecule has 0 spiro atoms. The highest BCUT2D eigenvalue weighted by Crippen LogP contribution is 2.20. The molecule has 1 aliphatic rings. The van der Waals surface area contributed by atoms with Gasteiger partial charge >= 0.3 is 0 Å². The van der Waals surface area contributed by atoms with Crippen LogP contribution in [0.15, 0.2) is 0 Å². The largest absolute Gasteiger partial charge is 0.396 e. The van der Waals surface area contributed by atoms with Crippen molar-refractivity contribution in [3.05, 3.63) is 0 Å². The first-order valence-electron chi connectivity index (χ1n) is 6.66. The molecule has 1 fully saturated rings. The van der Waals surface area contributed by atoms with Gasteiger partial charge in [-0.3, -0.25) is 4.79 Å². The van der Waals surface area contributed by atoms with Gasteiger partial charge in [-0.15, -0.1) is 0 Å². The van der Waals surface area contributed by atoms with Gasteiger partial charge in [0.25, 0.3) is 0 Å². The predicted molar refractivity (Wildman–Crippen MR) is 65.1 cm³/mol. The monoisotopic (exact) mass is 227 g/mol. The van der Waals surface area contributed by atoms with E-state index in [1.165, 1.54) is 12.8 Å². The highest BCUT2D eigenvalue weighted by atomic mass is 16.3. The van der Waals surface area contributed by atoms with E-state index in [-0.39, 0.29) is 6.61 Å². The lowest BCUT2D eigenvalue weighted by Gasteiger charge is -2.32. The Morgan fingerprint density at radius 1 is 1.44 bits per heavy atom. The zero-order chi connectivity index (χ0) is 11.8. The van der Waals surface area contributed by atoms with Gasteiger partial charge in [-0.25, -0.2) is 0 Å². The third kappa shape index (κ3) is 4.52. The molecule has 0 saturated carbocycles. The second-order valence-electron chi connectivity index (χ2n) is 4.82. The summed E-state index contributed by atoms with van der Waals surface area (Å²) in [5.74, 6) is 0.838. The van der Waals surface area contributed by atoms with Gasteiger partial charge in [0.1, 0.15) is 0 Å². The Bertz CT molecular complexity index is 204. The number of likely N-dealkylation sites (tertiary alicyclic amines) is 1. The molecule has 1 saturated heterocycles. The summed E-state index contributed by atoms with van der Waals surface area (Å²) < 4.78 is 0. The fourth-order valence-corrected chi connectivity index (χ4v) is 2.39. The van der Waals surface area contributed by atoms with Crippen LogP contribution in [0.4, 0.5) is 0 Å². The second-order valence-corrected chi connectivity index (χ2v) is 4.82. The van der Waals surface area contributed by atoms with Crippen LogP contribution in [0.2, 0.25) is 0 Å². The summed E-state index contributed by atoms with van der Waals surface area (Å²) in [7, 11) is 0. The van der Waals surface area contributed by atoms with Crippen molar-refractivity contribution in [2.75, 3.05) is 19.7 Å². The van der Waals surface area contributed by atoms with Crippen molar-refractivity contribution >= 4 is 5.91 Å². The van der Waals surface area contributed by atoms with Crippen LogP contribution in [0.1, 0.15) is 51.9 Å². The summed E-state index contributed by atoms with van der Waals surface area (Å²) in [5, 5.41) is 8.91. The second kappa shape index (κ2) is 7.66. The van der Waals surface area contributed by atoms with E-state index >= 15 is 0 Å². The Morgan fingerprint density at radius 3 is 2.94 bits per heavy atom. The van der Waals surface area contributed by atoms with Crippen LogP contribution in [0, 0.1) is 5.92 Å². The van der Waals surface area contributed by atoms with E-state index in [4.69, 9.17) is 5.11 Å². The quantitative estimate of drug-likeness (QED) is 0.707. The SMILES string of the molecule is CCCCCC(=O)N1CCCC(CCO)C1. The van der Waals surface area contributed by atoms with E-state index in [1.807, 2.05) is 4.90 Å². The number of rotatable bonds is 6. The molecule has 0 aliphatic carbocycles. The minimum absolute atomic E-state index is 0.253. The molecule has 1 amide bonds. The molecule has 1 atom stereocenters. The molecule has 0 bridgehead atoms. The molecule has 0 aromatic heterocycles. The Kier molecular flexibility index (Phi) is 6.46. The molecule has 3 heteroatoms. The smallest absolute Gasteiger partial charge is 0.222 e. The number of carbonyl (C=O) groups excluding carboxylic acids is 1. The number of carbonyl (C=O) groups is 1. The Morgan fingerprint density at radius 2 is 2.25 bits per heavy atom. The molecule has 1 heterocycles. The number of piperidine rings is 1. The number of aliphatic hydroxyl groups excluding tert-OH is 1. The number of aliphatic hydroxyl groups is 1. The molecule has 3 nitrogen and oxygen atoms in total. The van der Waals surface area contributed by atoms with E-state index in [2.05, 4.69) is 6.92 Å². The van der Waals surface area contributed by atoms with Crippen LogP contribution in [-0.2, 0) is 4.79 Å². The van der Waals surface area contributed by atoms with E-state index in [0.717, 1.165) is 38.8 Å². The molecule has 1 N–H and O–H groups in total. The van der Waals surface area contributed by atoms with Gasteiger partial charge in [-0.05, 0) is 31.6 Å². The summed E-state index contributed by atoms with van der Waals surface area (Å²) in [5.41, 5.74) is 0. The molecule has 1 aliphatic heterocycles. The average molecular weight is 227 g/mol. The fraction of sp³-hybridized carbons (Fsp3) is 0.923. The topological polar surface area (TPSA) is 40.5 Å². The van der Waals surface area contributed by atoms with Gasteiger partial charge in [0, 0.05) is 26.1 Å². The van der Waals surface area contributed by atoms with Crippen LogP contribution in [0.25, 0.3) is 0 Å². The zero-order valence-corrected chi connectivity index (χ0v) is 10.5. The third-order valence-electron chi connectivity index (χ3n) is 3.40. The Balaban J connectivity index is 2.26. The Labute approximate surface area is 98.8 Å². The molecule has 0 aromatic rings. The molecule has 0 radical (unpaired) electrons. The normalized spacial score (nSPS) is 21.1. The highest BCUT2D eigenvalue weighted by Gasteiger charge is 2.22. The van der Waals surface area contributed by atoms with Crippen molar-refractivity contribution in [3.63, 3.8) is 0 Å². The molecule has 1 rings (SSSR count). The summed E-state index contributed by atoms with van der Waals surface area (Å²) in [6, 6.07) is 0. The number of nitrogens with zero attached hydrogens (tertiary/aromatic N) is 1. The van der Waals surface area contributed by atoms with Crippen LogP contribution in [0.5, 0.6) is 0 Å². The third-order valence-corrected chi connectivity index (χ3v) is 3.40. The standard InChI is InChI=1S/C13H25NO2/c1-2-3-4-7-13(16)14-9-5-6-12(11-14)8-10-15/h12,15H,2-11H2,1H3. The van der Waals surface area contributed by atoms with Crippen LogP contribution in [0.3, 0.4) is 0 Å². The van der Waals surface area contributed by atoms with Crippen molar-refractivity contribution in [1.82, 2.24) is 4.90 Å². The highest BCUT2D eigenvalue weighted by molar-refractivity contribution is 5.76. The van der Waals surface area contributed by atoms with E-state index in [9.17, 15) is 4.79 Å². The maximum Gasteiger partial charge on any atom is 0.222 e. The first-order valence-corrected chi connectivity index (χ1v) is 6.66. The number of unbranched alkanes of at least 4 members (excludes halogenated alkanes) is 2. The Hall–Kier alpha value is -0.570. The molecule has 94 valence electrons. The number of hydrogen-bond donors (Lipinski definition) is 1. The maximum atomic E-state index is 11.9. The number of amides is 1. The van der Waals surface area contributed by atoms with Crippen LogP contribution >= 0.6 is 0 Å². The number of hydrogen-bond acceptors (Lipinski definition) is 2. The van der Waals surface area contributed by atoms with Crippen molar-refractivity contribution in [3.8, 4) is 0 Å². The zero-order valence-electron chi connectivity index (χ0n) is 10.5. The van der Waals surface area contributed by atoms with Crippen LogP contribution in [-0.4, -0.2) is 35.6 Å². The van der Waals surface area contributed by atoms with Gasteiger partial charge in [0.15, 0.2) is 0 Å². The molecule has 16 heavy (non-hydrogen) atoms. The van der Waals surface area contributed by atoms with E-state index in [1.54, 1.807) is 0 Å². The van der Waals surface area contributed by atoms with E-state index < -0.39 is 0 Å².